The minimum atomic E-state index is -0.0920. The number of benzene rings is 1. The molecule has 5 heteroatoms. The number of carbonyl (C=O) groups is 1. The summed E-state index contributed by atoms with van der Waals surface area (Å²) in [6, 6.07) is 10.2. The maximum atomic E-state index is 12.4. The molecule has 2 aromatic rings. The third-order valence-corrected chi connectivity index (χ3v) is 4.87. The van der Waals surface area contributed by atoms with Crippen LogP contribution in [-0.2, 0) is 11.8 Å². The van der Waals surface area contributed by atoms with Gasteiger partial charge in [0.15, 0.2) is 12.4 Å². The fraction of sp³-hybridized carbons (Fsp3) is 0.474. The Balaban J connectivity index is 1.64. The topological polar surface area (TPSA) is 56.2 Å². The lowest BCUT2D eigenvalue weighted by atomic mass is 10.0. The largest absolute Gasteiger partial charge is 0.480 e. The molecule has 3 atom stereocenters. The SMILES string of the molecule is Cc1nn(C)c(C)c1OCC(=O)NC(c1ccccc1)C1CC1C. The van der Waals surface area contributed by atoms with Gasteiger partial charge in [0.25, 0.3) is 5.91 Å². The molecule has 1 saturated carbocycles. The van der Waals surface area contributed by atoms with Crippen LogP contribution >= 0.6 is 0 Å². The highest BCUT2D eigenvalue weighted by atomic mass is 16.5. The van der Waals surface area contributed by atoms with E-state index in [9.17, 15) is 4.79 Å². The van der Waals surface area contributed by atoms with Gasteiger partial charge in [-0.25, -0.2) is 0 Å². The summed E-state index contributed by atoms with van der Waals surface area (Å²) in [4.78, 5) is 12.4. The molecule has 1 fully saturated rings. The summed E-state index contributed by atoms with van der Waals surface area (Å²) in [6.07, 6.45) is 1.15. The van der Waals surface area contributed by atoms with Crippen molar-refractivity contribution in [2.24, 2.45) is 18.9 Å². The summed E-state index contributed by atoms with van der Waals surface area (Å²) in [5.41, 5.74) is 2.89. The predicted octanol–water partition coefficient (Wildman–Crippen LogP) is 2.93. The van der Waals surface area contributed by atoms with E-state index in [0.29, 0.717) is 17.6 Å². The van der Waals surface area contributed by atoms with E-state index in [1.54, 1.807) is 4.68 Å². The minimum absolute atomic E-state index is 0.0117. The van der Waals surface area contributed by atoms with E-state index >= 15 is 0 Å². The van der Waals surface area contributed by atoms with E-state index in [1.807, 2.05) is 39.1 Å². The van der Waals surface area contributed by atoms with Gasteiger partial charge in [0.05, 0.1) is 11.7 Å². The Hall–Kier alpha value is -2.30. The quantitative estimate of drug-likeness (QED) is 0.887. The first-order chi connectivity index (χ1) is 11.5. The van der Waals surface area contributed by atoms with Crippen LogP contribution in [0.1, 0.15) is 36.3 Å². The Morgan fingerprint density at radius 1 is 1.38 bits per heavy atom. The Labute approximate surface area is 143 Å². The highest BCUT2D eigenvalue weighted by molar-refractivity contribution is 5.78. The summed E-state index contributed by atoms with van der Waals surface area (Å²) >= 11 is 0. The molecule has 1 aromatic heterocycles. The lowest BCUT2D eigenvalue weighted by molar-refractivity contribution is -0.124. The zero-order valence-corrected chi connectivity index (χ0v) is 14.7. The van der Waals surface area contributed by atoms with Gasteiger partial charge in [-0.3, -0.25) is 9.48 Å². The lowest BCUT2D eigenvalue weighted by Crippen LogP contribution is -2.34. The highest BCUT2D eigenvalue weighted by Crippen LogP contribution is 2.46. The van der Waals surface area contributed by atoms with Gasteiger partial charge in [-0.15, -0.1) is 0 Å². The first-order valence-electron chi connectivity index (χ1n) is 8.44. The molecule has 1 heterocycles. The Morgan fingerprint density at radius 3 is 2.58 bits per heavy atom. The molecule has 5 nitrogen and oxygen atoms in total. The minimum Gasteiger partial charge on any atom is -0.480 e. The number of hydrogen-bond donors (Lipinski definition) is 1. The van der Waals surface area contributed by atoms with Gasteiger partial charge in [0.2, 0.25) is 0 Å². The summed E-state index contributed by atoms with van der Waals surface area (Å²) in [6.45, 7) is 6.06. The molecule has 0 spiro atoms. The van der Waals surface area contributed by atoms with Crippen LogP contribution in [0.2, 0.25) is 0 Å². The Bertz CT molecular complexity index is 724. The molecule has 1 amide bonds. The van der Waals surface area contributed by atoms with Crippen molar-refractivity contribution < 1.29 is 9.53 Å². The molecule has 0 aliphatic heterocycles. The molecule has 3 rings (SSSR count). The van der Waals surface area contributed by atoms with Gasteiger partial charge in [-0.05, 0) is 37.7 Å². The number of rotatable bonds is 6. The Morgan fingerprint density at radius 2 is 2.04 bits per heavy atom. The van der Waals surface area contributed by atoms with Crippen molar-refractivity contribution in [3.63, 3.8) is 0 Å². The highest BCUT2D eigenvalue weighted by Gasteiger charge is 2.40. The second kappa shape index (κ2) is 6.67. The van der Waals surface area contributed by atoms with E-state index in [-0.39, 0.29) is 18.6 Å². The standard InChI is InChI=1S/C19H25N3O2/c1-12-10-16(12)18(15-8-6-5-7-9-15)20-17(23)11-24-19-13(2)21-22(4)14(19)3/h5-9,12,16,18H,10-11H2,1-4H3,(H,20,23). The van der Waals surface area contributed by atoms with Crippen molar-refractivity contribution in [1.82, 2.24) is 15.1 Å². The van der Waals surface area contributed by atoms with E-state index in [4.69, 9.17) is 4.74 Å². The molecule has 0 radical (unpaired) electrons. The maximum Gasteiger partial charge on any atom is 0.258 e. The molecule has 0 saturated heterocycles. The molecule has 1 aromatic carbocycles. The third-order valence-electron chi connectivity index (χ3n) is 4.87. The second-order valence-electron chi connectivity index (χ2n) is 6.74. The molecule has 24 heavy (non-hydrogen) atoms. The van der Waals surface area contributed by atoms with E-state index < -0.39 is 0 Å². The van der Waals surface area contributed by atoms with Gasteiger partial charge in [-0.1, -0.05) is 37.3 Å². The van der Waals surface area contributed by atoms with Crippen molar-refractivity contribution in [3.8, 4) is 5.75 Å². The molecule has 128 valence electrons. The van der Waals surface area contributed by atoms with Crippen molar-refractivity contribution in [1.29, 1.82) is 0 Å². The lowest BCUT2D eigenvalue weighted by Gasteiger charge is -2.19. The fourth-order valence-electron chi connectivity index (χ4n) is 3.23. The molecule has 3 unspecified atom stereocenters. The van der Waals surface area contributed by atoms with E-state index in [1.165, 1.54) is 0 Å². The molecular weight excluding hydrogens is 302 g/mol. The number of aromatic nitrogens is 2. The zero-order valence-electron chi connectivity index (χ0n) is 14.7. The zero-order chi connectivity index (χ0) is 17.3. The van der Waals surface area contributed by atoms with E-state index in [0.717, 1.165) is 23.4 Å². The smallest absolute Gasteiger partial charge is 0.258 e. The number of amides is 1. The van der Waals surface area contributed by atoms with Gasteiger partial charge < -0.3 is 10.1 Å². The Kier molecular flexibility index (Phi) is 4.60. The number of aryl methyl sites for hydroxylation is 2. The van der Waals surface area contributed by atoms with Crippen molar-refractivity contribution >= 4 is 5.91 Å². The van der Waals surface area contributed by atoms with Crippen LogP contribution < -0.4 is 10.1 Å². The molecule has 1 N–H and O–H groups in total. The number of ether oxygens (including phenoxy) is 1. The third kappa shape index (κ3) is 3.45. The van der Waals surface area contributed by atoms with Crippen molar-refractivity contribution in [3.05, 3.63) is 47.3 Å². The summed E-state index contributed by atoms with van der Waals surface area (Å²) in [5, 5.41) is 7.46. The van der Waals surface area contributed by atoms with E-state index in [2.05, 4.69) is 29.5 Å². The van der Waals surface area contributed by atoms with Crippen LogP contribution in [0.5, 0.6) is 5.75 Å². The van der Waals surface area contributed by atoms with Crippen LogP contribution in [0, 0.1) is 25.7 Å². The normalized spacial score (nSPS) is 20.5. The molecular formula is C19H25N3O2. The van der Waals surface area contributed by atoms with Crippen molar-refractivity contribution in [2.75, 3.05) is 6.61 Å². The molecule has 1 aliphatic carbocycles. The molecule has 0 bridgehead atoms. The average molecular weight is 327 g/mol. The van der Waals surface area contributed by atoms with Crippen LogP contribution in [0.3, 0.4) is 0 Å². The average Bonchev–Trinajstić information content (AvgIpc) is 3.23. The fourth-order valence-corrected chi connectivity index (χ4v) is 3.23. The predicted molar refractivity (Wildman–Crippen MR) is 92.8 cm³/mol. The second-order valence-corrected chi connectivity index (χ2v) is 6.74. The number of hydrogen-bond acceptors (Lipinski definition) is 3. The van der Waals surface area contributed by atoms with Crippen LogP contribution in [0.4, 0.5) is 0 Å². The van der Waals surface area contributed by atoms with Crippen LogP contribution in [-0.4, -0.2) is 22.3 Å². The first kappa shape index (κ1) is 16.6. The van der Waals surface area contributed by atoms with Gasteiger partial charge in [0.1, 0.15) is 5.69 Å². The van der Waals surface area contributed by atoms with Gasteiger partial charge in [-0.2, -0.15) is 5.10 Å². The number of nitrogens with zero attached hydrogens (tertiary/aromatic N) is 2. The monoisotopic (exact) mass is 327 g/mol. The first-order valence-corrected chi connectivity index (χ1v) is 8.44. The summed E-state index contributed by atoms with van der Waals surface area (Å²) < 4.78 is 7.48. The number of nitrogens with one attached hydrogen (secondary N) is 1. The molecule has 1 aliphatic rings. The van der Waals surface area contributed by atoms with Crippen molar-refractivity contribution in [2.45, 2.75) is 33.2 Å². The summed E-state index contributed by atoms with van der Waals surface area (Å²) in [5.74, 6) is 1.77. The van der Waals surface area contributed by atoms with Crippen LogP contribution in [0.25, 0.3) is 0 Å². The maximum absolute atomic E-state index is 12.4. The van der Waals surface area contributed by atoms with Gasteiger partial charge >= 0.3 is 0 Å². The van der Waals surface area contributed by atoms with Gasteiger partial charge in [0, 0.05) is 7.05 Å². The summed E-state index contributed by atoms with van der Waals surface area (Å²) in [7, 11) is 1.87. The van der Waals surface area contributed by atoms with Crippen LogP contribution in [0.15, 0.2) is 30.3 Å². The number of carbonyl (C=O) groups excluding carboxylic acids is 1.